The minimum Gasteiger partial charge on any atom is -0.377 e. The largest absolute Gasteiger partial charge is 0.377 e. The van der Waals surface area contributed by atoms with Gasteiger partial charge in [-0.25, -0.2) is 0 Å². The van der Waals surface area contributed by atoms with Gasteiger partial charge in [0.15, 0.2) is 11.6 Å². The van der Waals surface area contributed by atoms with Crippen LogP contribution in [0.25, 0.3) is 0 Å². The lowest BCUT2D eigenvalue weighted by molar-refractivity contribution is 0.0712. The third-order valence-corrected chi connectivity index (χ3v) is 9.13. The zero-order valence-electron chi connectivity index (χ0n) is 18.8. The molecule has 1 aromatic heterocycles. The van der Waals surface area contributed by atoms with E-state index in [-0.39, 0.29) is 0 Å². The molecule has 0 radical (unpaired) electrons. The Hall–Kier alpha value is -1.53. The van der Waals surface area contributed by atoms with Crippen LogP contribution in [0.15, 0.2) is 12.1 Å². The number of hydrogen-bond donors (Lipinski definition) is 0. The van der Waals surface area contributed by atoms with Crippen molar-refractivity contribution in [2.75, 3.05) is 88.4 Å². The van der Waals surface area contributed by atoms with E-state index in [1.165, 1.54) is 12.8 Å². The van der Waals surface area contributed by atoms with E-state index >= 15 is 0 Å². The molecule has 0 N–H and O–H groups in total. The smallest absolute Gasteiger partial charge is 0.282 e. The summed E-state index contributed by atoms with van der Waals surface area (Å²) < 4.78 is 34.5. The first kappa shape index (κ1) is 22.3. The second-order valence-electron chi connectivity index (χ2n) is 9.17. The molecular formula is C21H35N7O3S. The van der Waals surface area contributed by atoms with E-state index in [0.717, 1.165) is 63.8 Å². The van der Waals surface area contributed by atoms with Crippen LogP contribution >= 0.6 is 0 Å². The number of aromatic nitrogens is 2. The maximum absolute atomic E-state index is 12.8. The van der Waals surface area contributed by atoms with Crippen LogP contribution < -0.4 is 9.80 Å². The topological polar surface area (TPSA) is 85.4 Å². The molecule has 5 heterocycles. The SMILES string of the molecule is O=S(=O)(N1CCCC1)N1CCN(c2ccc(N3CCN(CC4CCCO4)CC3)nn2)CC1. The fourth-order valence-electron chi connectivity index (χ4n) is 5.12. The van der Waals surface area contributed by atoms with Crippen molar-refractivity contribution in [1.82, 2.24) is 23.7 Å². The number of nitrogens with zero attached hydrogens (tertiary/aromatic N) is 7. The van der Waals surface area contributed by atoms with Crippen LogP contribution in [0, 0.1) is 0 Å². The second kappa shape index (κ2) is 9.76. The molecule has 1 aromatic rings. The highest BCUT2D eigenvalue weighted by Crippen LogP contribution is 2.22. The summed E-state index contributed by atoms with van der Waals surface area (Å²) >= 11 is 0. The van der Waals surface area contributed by atoms with E-state index in [0.29, 0.717) is 45.4 Å². The Morgan fingerprint density at radius 3 is 1.88 bits per heavy atom. The molecule has 4 saturated heterocycles. The second-order valence-corrected chi connectivity index (χ2v) is 11.1. The van der Waals surface area contributed by atoms with E-state index in [1.54, 1.807) is 8.61 Å². The molecule has 0 amide bonds. The van der Waals surface area contributed by atoms with Crippen LogP contribution in [0.1, 0.15) is 25.7 Å². The monoisotopic (exact) mass is 465 g/mol. The molecule has 0 bridgehead atoms. The van der Waals surface area contributed by atoms with E-state index in [1.807, 2.05) is 12.1 Å². The van der Waals surface area contributed by atoms with Gasteiger partial charge in [-0.1, -0.05) is 0 Å². The molecular weight excluding hydrogens is 430 g/mol. The highest BCUT2D eigenvalue weighted by atomic mass is 32.2. The molecule has 32 heavy (non-hydrogen) atoms. The van der Waals surface area contributed by atoms with Gasteiger partial charge in [0.25, 0.3) is 10.2 Å². The quantitative estimate of drug-likeness (QED) is 0.591. The van der Waals surface area contributed by atoms with Crippen LogP contribution in [0.4, 0.5) is 11.6 Å². The zero-order chi connectivity index (χ0) is 22.0. The van der Waals surface area contributed by atoms with Gasteiger partial charge in [0, 0.05) is 78.6 Å². The Labute approximate surface area is 191 Å². The van der Waals surface area contributed by atoms with Crippen molar-refractivity contribution in [3.8, 4) is 0 Å². The number of hydrogen-bond acceptors (Lipinski definition) is 8. The zero-order valence-corrected chi connectivity index (χ0v) is 19.6. The van der Waals surface area contributed by atoms with Gasteiger partial charge < -0.3 is 14.5 Å². The molecule has 178 valence electrons. The van der Waals surface area contributed by atoms with E-state index in [4.69, 9.17) is 4.74 Å². The van der Waals surface area contributed by atoms with Gasteiger partial charge in [0.1, 0.15) is 0 Å². The summed E-state index contributed by atoms with van der Waals surface area (Å²) in [5, 5.41) is 8.95. The molecule has 4 fully saturated rings. The first-order valence-corrected chi connectivity index (χ1v) is 13.4. The fourth-order valence-corrected chi connectivity index (χ4v) is 6.79. The minimum absolute atomic E-state index is 0.409. The van der Waals surface area contributed by atoms with E-state index in [9.17, 15) is 8.42 Å². The summed E-state index contributed by atoms with van der Waals surface area (Å²) in [5.74, 6) is 1.74. The Balaban J connectivity index is 1.11. The predicted octanol–water partition coefficient (Wildman–Crippen LogP) is 0.240. The fraction of sp³-hybridized carbons (Fsp3) is 0.810. The van der Waals surface area contributed by atoms with Crippen molar-refractivity contribution >= 4 is 21.8 Å². The highest BCUT2D eigenvalue weighted by Gasteiger charge is 2.34. The standard InChI is InChI=1S/C21H35N7O3S/c29-32(30,27-7-1-2-8-27)28-15-13-26(14-16-28)21-6-5-20(22-23-21)25-11-9-24(10-12-25)18-19-4-3-17-31-19/h5-6,19H,1-4,7-18H2. The van der Waals surface area contributed by atoms with Gasteiger partial charge in [0.05, 0.1) is 6.10 Å². The summed E-state index contributed by atoms with van der Waals surface area (Å²) in [6.45, 7) is 9.48. The van der Waals surface area contributed by atoms with Gasteiger partial charge in [-0.2, -0.15) is 17.0 Å². The molecule has 11 heteroatoms. The van der Waals surface area contributed by atoms with Gasteiger partial charge >= 0.3 is 0 Å². The van der Waals surface area contributed by atoms with Crippen molar-refractivity contribution in [3.05, 3.63) is 12.1 Å². The number of rotatable bonds is 6. The third-order valence-electron chi connectivity index (χ3n) is 7.10. The van der Waals surface area contributed by atoms with Crippen molar-refractivity contribution in [1.29, 1.82) is 0 Å². The molecule has 4 aliphatic rings. The van der Waals surface area contributed by atoms with Crippen molar-refractivity contribution in [3.63, 3.8) is 0 Å². The Bertz CT molecular complexity index is 841. The average Bonchev–Trinajstić information content (AvgIpc) is 3.55. The minimum atomic E-state index is -3.32. The molecule has 0 aliphatic carbocycles. The van der Waals surface area contributed by atoms with Crippen LogP contribution in [-0.2, 0) is 14.9 Å². The van der Waals surface area contributed by atoms with Crippen LogP contribution in [0.2, 0.25) is 0 Å². The van der Waals surface area contributed by atoms with Crippen LogP contribution in [0.5, 0.6) is 0 Å². The summed E-state index contributed by atoms with van der Waals surface area (Å²) in [7, 11) is -3.32. The third kappa shape index (κ3) is 4.86. The van der Waals surface area contributed by atoms with Crippen LogP contribution in [-0.4, -0.2) is 117 Å². The Morgan fingerprint density at radius 1 is 0.781 bits per heavy atom. The normalized spacial score (nSPS) is 26.8. The van der Waals surface area contributed by atoms with E-state index in [2.05, 4.69) is 24.9 Å². The van der Waals surface area contributed by atoms with Gasteiger partial charge in [-0.05, 0) is 37.8 Å². The van der Waals surface area contributed by atoms with Gasteiger partial charge in [-0.3, -0.25) is 4.90 Å². The molecule has 0 saturated carbocycles. The lowest BCUT2D eigenvalue weighted by Gasteiger charge is -2.37. The molecule has 1 unspecified atom stereocenters. The Morgan fingerprint density at radius 2 is 1.34 bits per heavy atom. The summed E-state index contributed by atoms with van der Waals surface area (Å²) in [6, 6.07) is 4.07. The molecule has 0 spiro atoms. The highest BCUT2D eigenvalue weighted by molar-refractivity contribution is 7.86. The first-order chi connectivity index (χ1) is 15.6. The first-order valence-electron chi connectivity index (χ1n) is 12.0. The van der Waals surface area contributed by atoms with E-state index < -0.39 is 10.2 Å². The lowest BCUT2D eigenvalue weighted by Crippen LogP contribution is -2.52. The maximum atomic E-state index is 12.8. The lowest BCUT2D eigenvalue weighted by atomic mass is 10.2. The molecule has 4 aliphatic heterocycles. The van der Waals surface area contributed by atoms with Crippen molar-refractivity contribution in [2.24, 2.45) is 0 Å². The Kier molecular flexibility index (Phi) is 6.79. The summed E-state index contributed by atoms with van der Waals surface area (Å²) in [5.41, 5.74) is 0. The average molecular weight is 466 g/mol. The molecule has 1 atom stereocenters. The molecule has 5 rings (SSSR count). The molecule has 10 nitrogen and oxygen atoms in total. The molecule has 0 aromatic carbocycles. The van der Waals surface area contributed by atoms with Gasteiger partial charge in [0.2, 0.25) is 0 Å². The van der Waals surface area contributed by atoms with Crippen molar-refractivity contribution in [2.45, 2.75) is 31.8 Å². The maximum Gasteiger partial charge on any atom is 0.282 e. The van der Waals surface area contributed by atoms with Crippen molar-refractivity contribution < 1.29 is 13.2 Å². The number of ether oxygens (including phenoxy) is 1. The summed E-state index contributed by atoms with van der Waals surface area (Å²) in [6.07, 6.45) is 4.71. The number of piperazine rings is 2. The van der Waals surface area contributed by atoms with Gasteiger partial charge in [-0.15, -0.1) is 10.2 Å². The summed E-state index contributed by atoms with van der Waals surface area (Å²) in [4.78, 5) is 6.92. The van der Waals surface area contributed by atoms with Crippen LogP contribution in [0.3, 0.4) is 0 Å². The number of anilines is 2. The predicted molar refractivity (Wildman–Crippen MR) is 123 cm³/mol.